The summed E-state index contributed by atoms with van der Waals surface area (Å²) in [6, 6.07) is 0. The van der Waals surface area contributed by atoms with Gasteiger partial charge in [0.15, 0.2) is 0 Å². The second-order valence-electron chi connectivity index (χ2n) is 3.29. The van der Waals surface area contributed by atoms with Crippen molar-refractivity contribution in [2.24, 2.45) is 0 Å². The van der Waals surface area contributed by atoms with E-state index in [9.17, 15) is 9.59 Å². The lowest BCUT2D eigenvalue weighted by Gasteiger charge is -2.22. The summed E-state index contributed by atoms with van der Waals surface area (Å²) in [5, 5.41) is 8.25. The number of carboxylic acids is 1. The molecule has 0 aliphatic carbocycles. The Morgan fingerprint density at radius 2 is 2.00 bits per heavy atom. The maximum Gasteiger partial charge on any atom is 0.331 e. The normalized spacial score (nSPS) is 11.6. The number of carbonyl (C=O) groups is 2. The fourth-order valence-electron chi connectivity index (χ4n) is 0.724. The highest BCUT2D eigenvalue weighted by atomic mass is 35.5. The molecule has 0 atom stereocenters. The molecule has 14 heavy (non-hydrogen) atoms. The van der Waals surface area contributed by atoms with Crippen molar-refractivity contribution in [1.82, 2.24) is 0 Å². The van der Waals surface area contributed by atoms with Gasteiger partial charge in [0.2, 0.25) is 0 Å². The minimum Gasteiger partial charge on any atom is -0.478 e. The van der Waals surface area contributed by atoms with E-state index in [0.29, 0.717) is 12.3 Å². The Morgan fingerprint density at radius 1 is 1.43 bits per heavy atom. The van der Waals surface area contributed by atoms with E-state index in [2.05, 4.69) is 0 Å². The molecule has 0 radical (unpaired) electrons. The highest BCUT2D eigenvalue weighted by Crippen LogP contribution is 2.15. The molecule has 0 rings (SSSR count). The summed E-state index contributed by atoms with van der Waals surface area (Å²) in [7, 11) is 0. The van der Waals surface area contributed by atoms with Gasteiger partial charge in [-0.15, -0.1) is 11.6 Å². The van der Waals surface area contributed by atoms with Gasteiger partial charge in [-0.3, -0.25) is 0 Å². The highest BCUT2D eigenvalue weighted by molar-refractivity contribution is 6.17. The van der Waals surface area contributed by atoms with E-state index in [1.807, 2.05) is 0 Å². The number of hydrogen-bond acceptors (Lipinski definition) is 3. The molecule has 0 saturated heterocycles. The van der Waals surface area contributed by atoms with E-state index in [0.717, 1.165) is 12.2 Å². The Kier molecular flexibility index (Phi) is 5.23. The monoisotopic (exact) mass is 220 g/mol. The summed E-state index contributed by atoms with van der Waals surface area (Å²) in [5.41, 5.74) is -0.665. The van der Waals surface area contributed by atoms with Gasteiger partial charge < -0.3 is 9.84 Å². The van der Waals surface area contributed by atoms with Crippen LogP contribution < -0.4 is 0 Å². The Bertz CT molecular complexity index is 245. The van der Waals surface area contributed by atoms with Crippen LogP contribution in [0.1, 0.15) is 20.3 Å². The Morgan fingerprint density at radius 3 is 2.43 bits per heavy atom. The van der Waals surface area contributed by atoms with Crippen molar-refractivity contribution >= 4 is 23.5 Å². The van der Waals surface area contributed by atoms with E-state index in [-0.39, 0.29) is 0 Å². The van der Waals surface area contributed by atoms with Crippen LogP contribution in [-0.2, 0) is 14.3 Å². The lowest BCUT2D eigenvalue weighted by Crippen LogP contribution is -2.27. The van der Waals surface area contributed by atoms with Crippen LogP contribution in [0.2, 0.25) is 0 Å². The molecule has 0 fully saturated rings. The third-order valence-corrected chi connectivity index (χ3v) is 1.62. The lowest BCUT2D eigenvalue weighted by atomic mass is 10.1. The number of alkyl halides is 1. The van der Waals surface area contributed by atoms with Crippen LogP contribution in [0.5, 0.6) is 0 Å². The van der Waals surface area contributed by atoms with Crippen molar-refractivity contribution in [2.45, 2.75) is 25.9 Å². The first-order valence-corrected chi connectivity index (χ1v) is 4.61. The molecule has 0 aliphatic heterocycles. The van der Waals surface area contributed by atoms with Crippen molar-refractivity contribution in [3.05, 3.63) is 12.2 Å². The standard InChI is InChI=1S/C9H13ClO4/c1-9(2,5-6-10)14-8(13)4-3-7(11)12/h3-4H,5-6H2,1-2H3,(H,11,12). The van der Waals surface area contributed by atoms with Gasteiger partial charge in [-0.1, -0.05) is 0 Å². The van der Waals surface area contributed by atoms with Crippen LogP contribution in [0.3, 0.4) is 0 Å². The van der Waals surface area contributed by atoms with Crippen molar-refractivity contribution < 1.29 is 19.4 Å². The van der Waals surface area contributed by atoms with Gasteiger partial charge in [0.25, 0.3) is 0 Å². The number of halogens is 1. The maximum atomic E-state index is 11.0. The summed E-state index contributed by atoms with van der Waals surface area (Å²) in [6.45, 7) is 3.42. The lowest BCUT2D eigenvalue weighted by molar-refractivity contribution is -0.150. The molecule has 1 N–H and O–H groups in total. The number of rotatable bonds is 5. The average Bonchev–Trinajstić information content (AvgIpc) is 1.99. The Balaban J connectivity index is 4.11. The summed E-state index contributed by atoms with van der Waals surface area (Å²) in [6.07, 6.45) is 2.12. The topological polar surface area (TPSA) is 63.6 Å². The van der Waals surface area contributed by atoms with Gasteiger partial charge in [0, 0.05) is 24.5 Å². The molecule has 0 amide bonds. The van der Waals surface area contributed by atoms with Crippen molar-refractivity contribution in [3.63, 3.8) is 0 Å². The molecule has 0 bridgehead atoms. The predicted octanol–water partition coefficient (Wildman–Crippen LogP) is 1.58. The van der Waals surface area contributed by atoms with Gasteiger partial charge in [-0.05, 0) is 13.8 Å². The maximum absolute atomic E-state index is 11.0. The van der Waals surface area contributed by atoms with Crippen LogP contribution in [0.25, 0.3) is 0 Å². The van der Waals surface area contributed by atoms with Crippen molar-refractivity contribution in [3.8, 4) is 0 Å². The molecule has 0 saturated carbocycles. The highest BCUT2D eigenvalue weighted by Gasteiger charge is 2.20. The van der Waals surface area contributed by atoms with Crippen LogP contribution in [0.4, 0.5) is 0 Å². The molecule has 0 aromatic carbocycles. The molecule has 0 aromatic rings. The molecule has 0 aliphatic rings. The van der Waals surface area contributed by atoms with Crippen LogP contribution >= 0.6 is 11.6 Å². The minimum atomic E-state index is -1.18. The molecule has 0 aromatic heterocycles. The average molecular weight is 221 g/mol. The number of carboxylic acid groups (broad SMARTS) is 1. The smallest absolute Gasteiger partial charge is 0.331 e. The zero-order valence-corrected chi connectivity index (χ0v) is 8.87. The molecule has 0 unspecified atom stereocenters. The van der Waals surface area contributed by atoms with E-state index in [4.69, 9.17) is 21.4 Å². The number of ether oxygens (including phenoxy) is 1. The van der Waals surface area contributed by atoms with E-state index in [1.165, 1.54) is 0 Å². The third kappa shape index (κ3) is 6.48. The van der Waals surface area contributed by atoms with Gasteiger partial charge in [-0.25, -0.2) is 9.59 Å². The minimum absolute atomic E-state index is 0.378. The fourth-order valence-corrected chi connectivity index (χ4v) is 1.18. The molecule has 5 heteroatoms. The number of carbonyl (C=O) groups excluding carboxylic acids is 1. The summed E-state index contributed by atoms with van der Waals surface area (Å²) < 4.78 is 4.96. The zero-order chi connectivity index (χ0) is 11.2. The van der Waals surface area contributed by atoms with Crippen molar-refractivity contribution in [2.75, 3.05) is 5.88 Å². The first-order valence-electron chi connectivity index (χ1n) is 4.07. The van der Waals surface area contributed by atoms with Crippen LogP contribution in [0.15, 0.2) is 12.2 Å². The molecular formula is C9H13ClO4. The SMILES string of the molecule is CC(C)(CCCl)OC(=O)C=CC(=O)O. The second kappa shape index (κ2) is 5.65. The molecule has 80 valence electrons. The number of hydrogen-bond donors (Lipinski definition) is 1. The van der Waals surface area contributed by atoms with Gasteiger partial charge in [0.1, 0.15) is 5.60 Å². The van der Waals surface area contributed by atoms with Crippen molar-refractivity contribution in [1.29, 1.82) is 0 Å². The third-order valence-electron chi connectivity index (χ3n) is 1.44. The quantitative estimate of drug-likeness (QED) is 0.434. The van der Waals surface area contributed by atoms with Gasteiger partial charge >= 0.3 is 11.9 Å². The zero-order valence-electron chi connectivity index (χ0n) is 8.12. The predicted molar refractivity (Wildman–Crippen MR) is 52.3 cm³/mol. The Hall–Kier alpha value is -1.03. The van der Waals surface area contributed by atoms with E-state index >= 15 is 0 Å². The first kappa shape index (κ1) is 13.0. The molecule has 0 heterocycles. The molecular weight excluding hydrogens is 208 g/mol. The summed E-state index contributed by atoms with van der Waals surface area (Å²) in [5.74, 6) is -1.48. The first-order chi connectivity index (χ1) is 6.37. The van der Waals surface area contributed by atoms with Gasteiger partial charge in [0.05, 0.1) is 0 Å². The second-order valence-corrected chi connectivity index (χ2v) is 3.67. The fraction of sp³-hybridized carbons (Fsp3) is 0.556. The number of aliphatic carboxylic acids is 1. The summed E-state index contributed by atoms with van der Waals surface area (Å²) >= 11 is 5.49. The van der Waals surface area contributed by atoms with Crippen LogP contribution in [-0.4, -0.2) is 28.5 Å². The van der Waals surface area contributed by atoms with E-state index in [1.54, 1.807) is 13.8 Å². The molecule has 0 spiro atoms. The number of esters is 1. The largest absolute Gasteiger partial charge is 0.478 e. The molecule has 4 nitrogen and oxygen atoms in total. The van der Waals surface area contributed by atoms with Crippen LogP contribution in [0, 0.1) is 0 Å². The Labute approximate surface area is 87.5 Å². The summed E-state index contributed by atoms with van der Waals surface area (Å²) in [4.78, 5) is 21.1. The van der Waals surface area contributed by atoms with E-state index < -0.39 is 17.5 Å². The van der Waals surface area contributed by atoms with Gasteiger partial charge in [-0.2, -0.15) is 0 Å².